The Kier molecular flexibility index (Phi) is 5.61. The highest BCUT2D eigenvalue weighted by Gasteiger charge is 2.23. The van der Waals surface area contributed by atoms with Crippen LogP contribution in [0.15, 0.2) is 28.8 Å². The van der Waals surface area contributed by atoms with Crippen molar-refractivity contribution in [1.29, 1.82) is 0 Å². The molecule has 3 rings (SSSR count). The lowest BCUT2D eigenvalue weighted by atomic mass is 9.86. The van der Waals surface area contributed by atoms with Crippen LogP contribution in [-0.2, 0) is 10.0 Å². The van der Waals surface area contributed by atoms with Crippen molar-refractivity contribution in [3.63, 3.8) is 0 Å². The number of hydrogen-bond donors (Lipinski definition) is 2. The number of nitrogens with one attached hydrogen (secondary N) is 2. The summed E-state index contributed by atoms with van der Waals surface area (Å²) in [5.41, 5.74) is 0.733. The highest BCUT2D eigenvalue weighted by Crippen LogP contribution is 2.28. The van der Waals surface area contributed by atoms with Gasteiger partial charge in [0.05, 0.1) is 11.3 Å². The van der Waals surface area contributed by atoms with Gasteiger partial charge in [-0.1, -0.05) is 28.9 Å². The SMILES string of the molecule is CS(=O)(=O)NC[C@H]1CC[C@H](Nc2nc(-c3ccccc3Cl)no2)CC1. The van der Waals surface area contributed by atoms with Crippen LogP contribution in [0, 0.1) is 5.92 Å². The van der Waals surface area contributed by atoms with Crippen LogP contribution in [0.4, 0.5) is 6.01 Å². The number of sulfonamides is 1. The lowest BCUT2D eigenvalue weighted by molar-refractivity contribution is 0.330. The molecule has 1 aliphatic carbocycles. The number of hydrogen-bond acceptors (Lipinski definition) is 6. The van der Waals surface area contributed by atoms with Crippen LogP contribution in [0.1, 0.15) is 25.7 Å². The molecule has 1 saturated carbocycles. The second kappa shape index (κ2) is 7.72. The average Bonchev–Trinajstić information content (AvgIpc) is 3.02. The van der Waals surface area contributed by atoms with Gasteiger partial charge >= 0.3 is 6.01 Å². The topological polar surface area (TPSA) is 97.1 Å². The van der Waals surface area contributed by atoms with E-state index in [1.807, 2.05) is 18.2 Å². The Morgan fingerprint density at radius 3 is 2.64 bits per heavy atom. The third kappa shape index (κ3) is 5.17. The van der Waals surface area contributed by atoms with Gasteiger partial charge in [-0.25, -0.2) is 13.1 Å². The molecule has 1 aromatic carbocycles. The molecule has 0 radical (unpaired) electrons. The molecular formula is C16H21ClN4O3S. The van der Waals surface area contributed by atoms with Crippen molar-refractivity contribution in [2.75, 3.05) is 18.1 Å². The van der Waals surface area contributed by atoms with Crippen molar-refractivity contribution < 1.29 is 12.9 Å². The average molecular weight is 385 g/mol. The molecule has 9 heteroatoms. The van der Waals surface area contributed by atoms with E-state index in [1.54, 1.807) is 6.07 Å². The van der Waals surface area contributed by atoms with E-state index in [2.05, 4.69) is 20.2 Å². The Balaban J connectivity index is 1.52. The van der Waals surface area contributed by atoms with Crippen LogP contribution in [0.25, 0.3) is 11.4 Å². The molecule has 1 heterocycles. The van der Waals surface area contributed by atoms with Crippen LogP contribution in [0.3, 0.4) is 0 Å². The zero-order valence-electron chi connectivity index (χ0n) is 13.9. The minimum absolute atomic E-state index is 0.244. The van der Waals surface area contributed by atoms with Gasteiger partial charge in [-0.15, -0.1) is 0 Å². The van der Waals surface area contributed by atoms with E-state index < -0.39 is 10.0 Å². The summed E-state index contributed by atoms with van der Waals surface area (Å²) < 4.78 is 30.2. The van der Waals surface area contributed by atoms with Crippen molar-refractivity contribution in [3.8, 4) is 11.4 Å². The summed E-state index contributed by atoms with van der Waals surface area (Å²) in [5.74, 6) is 0.827. The second-order valence-corrected chi connectivity index (χ2v) is 8.63. The first-order valence-corrected chi connectivity index (χ1v) is 10.5. The first-order chi connectivity index (χ1) is 11.9. The van der Waals surface area contributed by atoms with Crippen LogP contribution >= 0.6 is 11.6 Å². The van der Waals surface area contributed by atoms with E-state index in [9.17, 15) is 8.42 Å². The summed E-state index contributed by atoms with van der Waals surface area (Å²) >= 11 is 6.15. The van der Waals surface area contributed by atoms with Gasteiger partial charge in [0.2, 0.25) is 15.8 Å². The van der Waals surface area contributed by atoms with Crippen molar-refractivity contribution >= 4 is 27.6 Å². The smallest absolute Gasteiger partial charge is 0.322 e. The zero-order valence-corrected chi connectivity index (χ0v) is 15.5. The van der Waals surface area contributed by atoms with E-state index in [0.29, 0.717) is 29.3 Å². The molecule has 0 spiro atoms. The van der Waals surface area contributed by atoms with Crippen LogP contribution in [0.2, 0.25) is 5.02 Å². The summed E-state index contributed by atoms with van der Waals surface area (Å²) in [4.78, 5) is 4.36. The van der Waals surface area contributed by atoms with Crippen molar-refractivity contribution in [2.45, 2.75) is 31.7 Å². The fraction of sp³-hybridized carbons (Fsp3) is 0.500. The Hall–Kier alpha value is -1.64. The van der Waals surface area contributed by atoms with Crippen LogP contribution < -0.4 is 10.0 Å². The van der Waals surface area contributed by atoms with Gasteiger partial charge in [-0.05, 0) is 43.7 Å². The summed E-state index contributed by atoms with van der Waals surface area (Å²) in [7, 11) is -3.12. The maximum absolute atomic E-state index is 11.2. The highest BCUT2D eigenvalue weighted by molar-refractivity contribution is 7.88. The van der Waals surface area contributed by atoms with Gasteiger partial charge < -0.3 is 9.84 Å². The molecule has 0 atom stereocenters. The van der Waals surface area contributed by atoms with E-state index >= 15 is 0 Å². The number of rotatable bonds is 6. The van der Waals surface area contributed by atoms with Gasteiger partial charge in [0.15, 0.2) is 0 Å². The molecule has 2 aromatic rings. The third-order valence-corrected chi connectivity index (χ3v) is 5.37. The summed E-state index contributed by atoms with van der Waals surface area (Å²) in [6.07, 6.45) is 4.95. The number of aromatic nitrogens is 2. The first kappa shape index (κ1) is 18.2. The largest absolute Gasteiger partial charge is 0.335 e. The molecule has 0 amide bonds. The molecule has 0 saturated heterocycles. The number of nitrogens with zero attached hydrogens (tertiary/aromatic N) is 2. The van der Waals surface area contributed by atoms with E-state index in [-0.39, 0.29) is 6.04 Å². The predicted octanol–water partition coefficient (Wildman–Crippen LogP) is 2.91. The van der Waals surface area contributed by atoms with Gasteiger partial charge in [-0.3, -0.25) is 0 Å². The quantitative estimate of drug-likeness (QED) is 0.794. The number of halogens is 1. The first-order valence-electron chi connectivity index (χ1n) is 8.20. The van der Waals surface area contributed by atoms with E-state index in [0.717, 1.165) is 31.2 Å². The molecule has 0 unspecified atom stereocenters. The molecule has 1 aliphatic rings. The molecule has 1 aromatic heterocycles. The summed E-state index contributed by atoms with van der Waals surface area (Å²) in [6, 6.07) is 7.98. The monoisotopic (exact) mass is 384 g/mol. The predicted molar refractivity (Wildman–Crippen MR) is 97.0 cm³/mol. The fourth-order valence-corrected chi connectivity index (χ4v) is 3.75. The maximum Gasteiger partial charge on any atom is 0.322 e. The minimum atomic E-state index is -3.12. The van der Waals surface area contributed by atoms with Gasteiger partial charge in [-0.2, -0.15) is 4.98 Å². The molecule has 136 valence electrons. The van der Waals surface area contributed by atoms with Gasteiger partial charge in [0.25, 0.3) is 0 Å². The molecule has 2 N–H and O–H groups in total. The molecule has 7 nitrogen and oxygen atoms in total. The van der Waals surface area contributed by atoms with Crippen molar-refractivity contribution in [2.24, 2.45) is 5.92 Å². The number of benzene rings is 1. The van der Waals surface area contributed by atoms with Crippen LogP contribution in [-0.4, -0.2) is 37.4 Å². The lowest BCUT2D eigenvalue weighted by Crippen LogP contribution is -2.33. The Morgan fingerprint density at radius 2 is 1.96 bits per heavy atom. The standard InChI is InChI=1S/C16H21ClN4O3S/c1-25(22,23)18-10-11-6-8-12(9-7-11)19-16-20-15(21-24-16)13-4-2-3-5-14(13)17/h2-5,11-12,18H,6-10H2,1H3,(H,19,20,21)/t11-,12-. The Bertz CT molecular complexity index is 816. The minimum Gasteiger partial charge on any atom is -0.335 e. The van der Waals surface area contributed by atoms with E-state index in [1.165, 1.54) is 6.26 Å². The fourth-order valence-electron chi connectivity index (χ4n) is 2.99. The van der Waals surface area contributed by atoms with Crippen molar-refractivity contribution in [3.05, 3.63) is 29.3 Å². The van der Waals surface area contributed by atoms with E-state index in [4.69, 9.17) is 16.1 Å². The van der Waals surface area contributed by atoms with Gasteiger partial charge in [0, 0.05) is 18.2 Å². The van der Waals surface area contributed by atoms with Crippen LogP contribution in [0.5, 0.6) is 0 Å². The third-order valence-electron chi connectivity index (χ3n) is 4.35. The molecule has 25 heavy (non-hydrogen) atoms. The zero-order chi connectivity index (χ0) is 17.9. The molecule has 0 aliphatic heterocycles. The Labute approximate surface area is 152 Å². The Morgan fingerprint density at radius 1 is 1.24 bits per heavy atom. The molecule has 1 fully saturated rings. The van der Waals surface area contributed by atoms with Gasteiger partial charge in [0.1, 0.15) is 0 Å². The normalized spacial score (nSPS) is 21.2. The summed E-state index contributed by atoms with van der Waals surface area (Å²) in [6.45, 7) is 0.503. The summed E-state index contributed by atoms with van der Waals surface area (Å²) in [5, 5.41) is 7.81. The molecule has 0 bridgehead atoms. The molecular weight excluding hydrogens is 364 g/mol. The van der Waals surface area contributed by atoms with Crippen molar-refractivity contribution in [1.82, 2.24) is 14.9 Å². The lowest BCUT2D eigenvalue weighted by Gasteiger charge is -2.28. The number of anilines is 1. The second-order valence-electron chi connectivity index (χ2n) is 6.39. The highest BCUT2D eigenvalue weighted by atomic mass is 35.5. The maximum atomic E-state index is 11.2.